The van der Waals surface area contributed by atoms with Crippen molar-refractivity contribution >= 4 is 57.3 Å². The van der Waals surface area contributed by atoms with Gasteiger partial charge in [0.05, 0.1) is 18.6 Å². The number of carbonyl (C=O) groups excluding carboxylic acids is 1. The third-order valence-electron chi connectivity index (χ3n) is 4.80. The second-order valence-electron chi connectivity index (χ2n) is 7.01. The average molecular weight is 495 g/mol. The molecule has 0 bridgehead atoms. The number of nitrogens with one attached hydrogen (secondary N) is 1. The fourth-order valence-corrected chi connectivity index (χ4v) is 5.89. The van der Waals surface area contributed by atoms with Gasteiger partial charge in [0.2, 0.25) is 0 Å². The number of thioether (sulfide) groups is 2. The first-order chi connectivity index (χ1) is 16.1. The topological polar surface area (TPSA) is 76.5 Å². The number of carbonyl (C=O) groups is 1. The van der Waals surface area contributed by atoms with Gasteiger partial charge in [-0.2, -0.15) is 5.10 Å². The van der Waals surface area contributed by atoms with Crippen molar-refractivity contribution in [3.05, 3.63) is 77.9 Å². The van der Waals surface area contributed by atoms with Crippen LogP contribution in [0.4, 0.5) is 0 Å². The maximum Gasteiger partial charge on any atom is 0.250 e. The average Bonchev–Trinajstić information content (AvgIpc) is 3.32. The summed E-state index contributed by atoms with van der Waals surface area (Å²) < 4.78 is 6.81. The summed E-state index contributed by atoms with van der Waals surface area (Å²) in [5.74, 6) is 1.63. The highest BCUT2D eigenvalue weighted by Gasteiger charge is 2.10. The Morgan fingerprint density at radius 1 is 1.00 bits per heavy atom. The number of nitrogens with zero attached hydrogens (tertiary/aromatic N) is 3. The fourth-order valence-electron chi connectivity index (χ4n) is 3.07. The van der Waals surface area contributed by atoms with Crippen LogP contribution in [0.2, 0.25) is 0 Å². The number of hydrogen-bond donors (Lipinski definition) is 1. The Labute approximate surface area is 204 Å². The van der Waals surface area contributed by atoms with Gasteiger partial charge in [-0.3, -0.25) is 4.79 Å². The van der Waals surface area contributed by atoms with Gasteiger partial charge in [-0.25, -0.2) is 5.43 Å². The highest BCUT2D eigenvalue weighted by molar-refractivity contribution is 8.03. The SMILES string of the molecule is COc1ccc(C(C)=NNC(=O)CSc2nnc(SCc3cccc4ccccc34)s2)cc1. The van der Waals surface area contributed by atoms with Crippen LogP contribution in [-0.4, -0.2) is 34.7 Å². The summed E-state index contributed by atoms with van der Waals surface area (Å²) in [6.45, 7) is 1.85. The number of hydrogen-bond acceptors (Lipinski definition) is 8. The first-order valence-electron chi connectivity index (χ1n) is 10.2. The van der Waals surface area contributed by atoms with Crippen molar-refractivity contribution in [3.63, 3.8) is 0 Å². The summed E-state index contributed by atoms with van der Waals surface area (Å²) in [6, 6.07) is 22.2. The molecule has 1 heterocycles. The summed E-state index contributed by atoms with van der Waals surface area (Å²) >= 11 is 4.52. The molecule has 9 heteroatoms. The van der Waals surface area contributed by atoms with E-state index in [2.05, 4.69) is 63.2 Å². The lowest BCUT2D eigenvalue weighted by molar-refractivity contribution is -0.118. The quantitative estimate of drug-likeness (QED) is 0.185. The van der Waals surface area contributed by atoms with Crippen molar-refractivity contribution in [2.75, 3.05) is 12.9 Å². The molecule has 0 radical (unpaired) electrons. The van der Waals surface area contributed by atoms with E-state index in [1.807, 2.05) is 31.2 Å². The van der Waals surface area contributed by atoms with E-state index < -0.39 is 0 Å². The maximum atomic E-state index is 12.2. The highest BCUT2D eigenvalue weighted by atomic mass is 32.2. The van der Waals surface area contributed by atoms with E-state index >= 15 is 0 Å². The fraction of sp³-hybridized carbons (Fsp3) is 0.167. The summed E-state index contributed by atoms with van der Waals surface area (Å²) in [5.41, 5.74) is 5.51. The smallest absolute Gasteiger partial charge is 0.250 e. The molecule has 33 heavy (non-hydrogen) atoms. The first-order valence-corrected chi connectivity index (χ1v) is 12.9. The number of benzene rings is 3. The number of fused-ring (bicyclic) bond motifs is 1. The second kappa shape index (κ2) is 11.3. The molecule has 1 aromatic heterocycles. The van der Waals surface area contributed by atoms with Crippen molar-refractivity contribution in [2.24, 2.45) is 5.10 Å². The zero-order valence-electron chi connectivity index (χ0n) is 18.1. The zero-order valence-corrected chi connectivity index (χ0v) is 20.6. The van der Waals surface area contributed by atoms with Gasteiger partial charge < -0.3 is 4.74 Å². The predicted octanol–water partition coefficient (Wildman–Crippen LogP) is 5.62. The van der Waals surface area contributed by atoms with Gasteiger partial charge in [0, 0.05) is 5.75 Å². The monoisotopic (exact) mass is 494 g/mol. The van der Waals surface area contributed by atoms with Crippen LogP contribution in [0.15, 0.2) is 80.5 Å². The molecule has 0 atom stereocenters. The van der Waals surface area contributed by atoms with Crippen molar-refractivity contribution in [1.29, 1.82) is 0 Å². The molecule has 0 aliphatic carbocycles. The Morgan fingerprint density at radius 2 is 1.73 bits per heavy atom. The van der Waals surface area contributed by atoms with Crippen LogP contribution in [0.3, 0.4) is 0 Å². The Hall–Kier alpha value is -2.88. The van der Waals surface area contributed by atoms with Crippen molar-refractivity contribution in [3.8, 4) is 5.75 Å². The van der Waals surface area contributed by atoms with Gasteiger partial charge in [0.25, 0.3) is 5.91 Å². The van der Waals surface area contributed by atoms with E-state index in [0.717, 1.165) is 31.5 Å². The van der Waals surface area contributed by atoms with E-state index in [9.17, 15) is 4.79 Å². The van der Waals surface area contributed by atoms with Crippen LogP contribution in [0.5, 0.6) is 5.75 Å². The minimum Gasteiger partial charge on any atom is -0.497 e. The summed E-state index contributed by atoms with van der Waals surface area (Å²) in [5, 5.41) is 15.1. The molecule has 4 rings (SSSR count). The zero-order chi connectivity index (χ0) is 23.0. The van der Waals surface area contributed by atoms with Crippen molar-refractivity contribution in [2.45, 2.75) is 21.4 Å². The van der Waals surface area contributed by atoms with Gasteiger partial charge in [-0.05, 0) is 53.1 Å². The van der Waals surface area contributed by atoms with Gasteiger partial charge in [-0.15, -0.1) is 10.2 Å². The Morgan fingerprint density at radius 3 is 2.52 bits per heavy atom. The molecule has 3 aromatic carbocycles. The van der Waals surface area contributed by atoms with E-state index in [-0.39, 0.29) is 11.7 Å². The lowest BCUT2D eigenvalue weighted by atomic mass is 10.1. The third-order valence-corrected chi connectivity index (χ3v) is 8.04. The molecule has 0 aliphatic heterocycles. The van der Waals surface area contributed by atoms with Crippen LogP contribution in [0.1, 0.15) is 18.1 Å². The minimum absolute atomic E-state index is 0.187. The van der Waals surface area contributed by atoms with Crippen LogP contribution < -0.4 is 10.2 Å². The first kappa shape index (κ1) is 23.3. The highest BCUT2D eigenvalue weighted by Crippen LogP contribution is 2.32. The number of methoxy groups -OCH3 is 1. The van der Waals surface area contributed by atoms with Crippen molar-refractivity contribution in [1.82, 2.24) is 15.6 Å². The Balaban J connectivity index is 1.26. The van der Waals surface area contributed by atoms with E-state index in [4.69, 9.17) is 4.74 Å². The number of aromatic nitrogens is 2. The van der Waals surface area contributed by atoms with Crippen LogP contribution >= 0.6 is 34.9 Å². The van der Waals surface area contributed by atoms with Crippen LogP contribution in [-0.2, 0) is 10.5 Å². The largest absolute Gasteiger partial charge is 0.497 e. The van der Waals surface area contributed by atoms with E-state index in [1.165, 1.54) is 39.4 Å². The molecule has 0 saturated heterocycles. The van der Waals surface area contributed by atoms with Crippen LogP contribution in [0, 0.1) is 0 Å². The number of amides is 1. The number of rotatable bonds is 9. The molecular formula is C24H22N4O2S3. The lowest BCUT2D eigenvalue weighted by Gasteiger charge is -2.04. The third kappa shape index (κ3) is 6.34. The summed E-state index contributed by atoms with van der Waals surface area (Å²) in [4.78, 5) is 12.2. The van der Waals surface area contributed by atoms with Crippen molar-refractivity contribution < 1.29 is 9.53 Å². The molecule has 0 fully saturated rings. The number of ether oxygens (including phenoxy) is 1. The lowest BCUT2D eigenvalue weighted by Crippen LogP contribution is -2.21. The molecule has 0 unspecified atom stereocenters. The Kier molecular flexibility index (Phi) is 7.98. The molecular weight excluding hydrogens is 472 g/mol. The molecule has 0 saturated carbocycles. The molecule has 0 aliphatic rings. The van der Waals surface area contributed by atoms with Gasteiger partial charge in [-0.1, -0.05) is 77.3 Å². The molecule has 6 nitrogen and oxygen atoms in total. The predicted molar refractivity (Wildman–Crippen MR) is 137 cm³/mol. The van der Waals surface area contributed by atoms with Gasteiger partial charge in [0.15, 0.2) is 8.68 Å². The van der Waals surface area contributed by atoms with Crippen LogP contribution in [0.25, 0.3) is 10.8 Å². The molecule has 1 N–H and O–H groups in total. The van der Waals surface area contributed by atoms with E-state index in [0.29, 0.717) is 0 Å². The molecule has 0 spiro atoms. The minimum atomic E-state index is -0.187. The molecule has 1 amide bonds. The maximum absolute atomic E-state index is 12.2. The second-order valence-corrected chi connectivity index (χ2v) is 10.4. The summed E-state index contributed by atoms with van der Waals surface area (Å²) in [7, 11) is 1.62. The van der Waals surface area contributed by atoms with Gasteiger partial charge >= 0.3 is 0 Å². The normalized spacial score (nSPS) is 11.5. The molecule has 168 valence electrons. The summed E-state index contributed by atoms with van der Waals surface area (Å²) in [6.07, 6.45) is 0. The Bertz CT molecular complexity index is 1270. The number of hydrazone groups is 1. The molecule has 4 aromatic rings. The van der Waals surface area contributed by atoms with E-state index in [1.54, 1.807) is 18.9 Å². The van der Waals surface area contributed by atoms with Gasteiger partial charge in [0.1, 0.15) is 5.75 Å². The standard InChI is InChI=1S/C24H22N4O2S3/c1-16(17-10-12-20(30-2)13-11-17)25-26-22(29)15-32-24-28-27-23(33-24)31-14-19-8-5-7-18-6-3-4-9-21(18)19/h3-13H,14-15H2,1-2H3,(H,26,29).